The van der Waals surface area contributed by atoms with Gasteiger partial charge in [-0.2, -0.15) is 5.26 Å². The van der Waals surface area contributed by atoms with Gasteiger partial charge in [-0.15, -0.1) is 0 Å². The van der Waals surface area contributed by atoms with E-state index in [0.29, 0.717) is 33.3 Å². The highest BCUT2D eigenvalue weighted by atomic mass is 19.1. The van der Waals surface area contributed by atoms with Crippen LogP contribution in [0.25, 0.3) is 27.7 Å². The molecule has 1 saturated carbocycles. The molecule has 5 rings (SSSR count). The van der Waals surface area contributed by atoms with E-state index in [9.17, 15) is 29.1 Å². The van der Waals surface area contributed by atoms with Gasteiger partial charge in [-0.1, -0.05) is 6.07 Å². The van der Waals surface area contributed by atoms with Crippen LogP contribution in [0.15, 0.2) is 54.6 Å². The van der Waals surface area contributed by atoms with Crippen molar-refractivity contribution in [3.05, 3.63) is 83.1 Å². The molecule has 0 atom stereocenters. The van der Waals surface area contributed by atoms with Gasteiger partial charge in [-0.3, -0.25) is 0 Å². The van der Waals surface area contributed by atoms with Crippen LogP contribution in [-0.4, -0.2) is 20.7 Å². The summed E-state index contributed by atoms with van der Waals surface area (Å²) in [6.07, 6.45) is 1.66. The molecule has 3 aromatic carbocycles. The lowest BCUT2D eigenvalue weighted by Crippen LogP contribution is -2.14. The van der Waals surface area contributed by atoms with Crippen molar-refractivity contribution in [1.29, 1.82) is 5.26 Å². The first-order chi connectivity index (χ1) is 16.3. The molecule has 0 saturated heterocycles. The second kappa shape index (κ2) is 7.70. The van der Waals surface area contributed by atoms with Gasteiger partial charge >= 0.3 is 5.97 Å². The van der Waals surface area contributed by atoms with Crippen LogP contribution < -0.4 is 0 Å². The van der Waals surface area contributed by atoms with Gasteiger partial charge in [-0.25, -0.2) is 13.6 Å². The lowest BCUT2D eigenvalue weighted by molar-refractivity contribution is 0.0697. The maximum Gasteiger partial charge on any atom is 0.335 e. The molecule has 0 radical (unpaired) electrons. The van der Waals surface area contributed by atoms with Crippen LogP contribution in [0, 0.1) is 29.9 Å². The Bertz CT molecular complexity index is 1510. The van der Waals surface area contributed by atoms with Crippen LogP contribution in [0.2, 0.25) is 0 Å². The van der Waals surface area contributed by atoms with Gasteiger partial charge in [0, 0.05) is 40.2 Å². The van der Waals surface area contributed by atoms with Crippen LogP contribution in [0.5, 0.6) is 5.75 Å². The molecule has 0 unspecified atom stereocenters. The maximum atomic E-state index is 14.5. The number of benzene rings is 3. The zero-order chi connectivity index (χ0) is 24.2. The van der Waals surface area contributed by atoms with Crippen molar-refractivity contribution in [3.8, 4) is 28.6 Å². The van der Waals surface area contributed by atoms with Crippen LogP contribution >= 0.6 is 0 Å². The number of carboxylic acid groups (broad SMARTS) is 1. The number of aromatic hydroxyl groups is 1. The summed E-state index contributed by atoms with van der Waals surface area (Å²) in [5.41, 5.74) is 2.91. The number of fused-ring (bicyclic) bond motifs is 1. The first-order valence-corrected chi connectivity index (χ1v) is 10.8. The lowest BCUT2D eigenvalue weighted by atomic mass is 9.90. The largest absolute Gasteiger partial charge is 0.506 e. The number of carboxylic acids is 1. The van der Waals surface area contributed by atoms with Crippen LogP contribution in [-0.2, 0) is 5.41 Å². The fourth-order valence-corrected chi connectivity index (χ4v) is 4.77. The van der Waals surface area contributed by atoms with Gasteiger partial charge in [-0.05, 0) is 73.4 Å². The average Bonchev–Trinajstić information content (AvgIpc) is 3.49. The molecule has 170 valence electrons. The normalized spacial score (nSPS) is 14.2. The van der Waals surface area contributed by atoms with Crippen molar-refractivity contribution < 1.29 is 23.8 Å². The van der Waals surface area contributed by atoms with E-state index in [1.54, 1.807) is 35.8 Å². The summed E-state index contributed by atoms with van der Waals surface area (Å²) in [7, 11) is 0. The Labute approximate surface area is 194 Å². The third-order valence-electron chi connectivity index (χ3n) is 6.60. The monoisotopic (exact) mass is 458 g/mol. The van der Waals surface area contributed by atoms with Gasteiger partial charge in [0.2, 0.25) is 0 Å². The smallest absolute Gasteiger partial charge is 0.335 e. The second-order valence-electron chi connectivity index (χ2n) is 8.81. The summed E-state index contributed by atoms with van der Waals surface area (Å²) in [5, 5.41) is 30.2. The van der Waals surface area contributed by atoms with Gasteiger partial charge in [0.15, 0.2) is 0 Å². The summed E-state index contributed by atoms with van der Waals surface area (Å²) in [4.78, 5) is 11.4. The van der Waals surface area contributed by atoms with Gasteiger partial charge in [0.05, 0.1) is 17.1 Å². The Kier molecular flexibility index (Phi) is 4.90. The summed E-state index contributed by atoms with van der Waals surface area (Å²) < 4.78 is 30.4. The van der Waals surface area contributed by atoms with Crippen molar-refractivity contribution in [2.45, 2.75) is 31.6 Å². The number of hydrogen-bond acceptors (Lipinski definition) is 3. The van der Waals surface area contributed by atoms with E-state index < -0.39 is 17.2 Å². The Morgan fingerprint density at radius 2 is 1.82 bits per heavy atom. The van der Waals surface area contributed by atoms with Gasteiger partial charge in [0.25, 0.3) is 0 Å². The number of rotatable bonds is 5. The van der Waals surface area contributed by atoms with E-state index in [-0.39, 0.29) is 23.6 Å². The minimum atomic E-state index is -1.07. The summed E-state index contributed by atoms with van der Waals surface area (Å²) >= 11 is 0. The Hall–Kier alpha value is -4.18. The fourth-order valence-electron chi connectivity index (χ4n) is 4.77. The molecular formula is C27H20F2N2O3. The number of phenols is 1. The van der Waals surface area contributed by atoms with Crippen molar-refractivity contribution in [3.63, 3.8) is 0 Å². The van der Waals surface area contributed by atoms with E-state index >= 15 is 0 Å². The highest BCUT2D eigenvalue weighted by Crippen LogP contribution is 2.57. The Balaban J connectivity index is 1.93. The Morgan fingerprint density at radius 3 is 2.41 bits per heavy atom. The van der Waals surface area contributed by atoms with E-state index in [4.69, 9.17) is 0 Å². The number of aryl methyl sites for hydroxylation is 1. The van der Waals surface area contributed by atoms with Crippen molar-refractivity contribution in [1.82, 2.24) is 4.57 Å². The van der Waals surface area contributed by atoms with Crippen LogP contribution in [0.1, 0.15) is 40.9 Å². The third-order valence-corrected chi connectivity index (χ3v) is 6.60. The number of aromatic carboxylic acids is 1. The zero-order valence-corrected chi connectivity index (χ0v) is 18.3. The molecule has 0 bridgehead atoms. The second-order valence-corrected chi connectivity index (χ2v) is 8.81. The topological polar surface area (TPSA) is 86.2 Å². The minimum Gasteiger partial charge on any atom is -0.506 e. The quantitative estimate of drug-likeness (QED) is 0.371. The van der Waals surface area contributed by atoms with E-state index in [0.717, 1.165) is 24.6 Å². The SMILES string of the molecule is Cc1cc(-c2c(C3(CC#N)CC3)n(-c3ccc(C(=O)O)cc3)c3c(O)cc(F)cc23)ccc1F. The molecule has 5 nitrogen and oxygen atoms in total. The number of halogens is 2. The summed E-state index contributed by atoms with van der Waals surface area (Å²) in [6, 6.07) is 15.4. The number of aromatic nitrogens is 1. The Morgan fingerprint density at radius 1 is 1.12 bits per heavy atom. The molecule has 1 aliphatic carbocycles. The molecule has 0 aliphatic heterocycles. The molecule has 0 spiro atoms. The molecule has 1 aromatic heterocycles. The highest BCUT2D eigenvalue weighted by molar-refractivity contribution is 6.03. The summed E-state index contributed by atoms with van der Waals surface area (Å²) in [5.74, 6) is -2.35. The van der Waals surface area contributed by atoms with E-state index in [2.05, 4.69) is 6.07 Å². The van der Waals surface area contributed by atoms with Crippen LogP contribution in [0.3, 0.4) is 0 Å². The molecule has 1 heterocycles. The standard InChI is InChI=1S/C27H20F2N2O3/c1-15-12-17(4-7-21(15)29)23-20-13-18(28)14-22(32)24(20)31(25(23)27(8-9-27)10-11-30)19-5-2-16(3-6-19)26(33)34/h2-7,12-14,32H,8-10H2,1H3,(H,33,34). The number of nitriles is 1. The lowest BCUT2D eigenvalue weighted by Gasteiger charge is -2.20. The van der Waals surface area contributed by atoms with Crippen molar-refractivity contribution in [2.24, 2.45) is 0 Å². The molecule has 7 heteroatoms. The first kappa shape index (κ1) is 21.7. The first-order valence-electron chi connectivity index (χ1n) is 10.8. The summed E-state index contributed by atoms with van der Waals surface area (Å²) in [6.45, 7) is 1.64. The number of carbonyl (C=O) groups is 1. The number of nitrogens with zero attached hydrogens (tertiary/aromatic N) is 2. The molecule has 4 aromatic rings. The molecule has 1 fully saturated rings. The highest BCUT2D eigenvalue weighted by Gasteiger charge is 2.49. The molecule has 1 aliphatic rings. The minimum absolute atomic E-state index is 0.101. The molecule has 0 amide bonds. The maximum absolute atomic E-state index is 14.5. The fraction of sp³-hybridized carbons (Fsp3) is 0.185. The van der Waals surface area contributed by atoms with Crippen molar-refractivity contribution >= 4 is 16.9 Å². The zero-order valence-electron chi connectivity index (χ0n) is 18.3. The third kappa shape index (κ3) is 3.30. The molecule has 2 N–H and O–H groups in total. The molecular weight excluding hydrogens is 438 g/mol. The van der Waals surface area contributed by atoms with E-state index in [1.165, 1.54) is 24.3 Å². The average molecular weight is 458 g/mol. The van der Waals surface area contributed by atoms with Gasteiger partial charge < -0.3 is 14.8 Å². The number of phenolic OH excluding ortho intramolecular Hbond substituents is 1. The predicted octanol–water partition coefficient (Wildman–Crippen LogP) is 6.23. The van der Waals surface area contributed by atoms with Crippen LogP contribution in [0.4, 0.5) is 8.78 Å². The predicted molar refractivity (Wildman–Crippen MR) is 123 cm³/mol. The van der Waals surface area contributed by atoms with E-state index in [1.807, 2.05) is 0 Å². The molecule has 34 heavy (non-hydrogen) atoms. The van der Waals surface area contributed by atoms with Crippen molar-refractivity contribution in [2.75, 3.05) is 0 Å². The number of hydrogen-bond donors (Lipinski definition) is 2. The van der Waals surface area contributed by atoms with Gasteiger partial charge in [0.1, 0.15) is 17.4 Å².